The Labute approximate surface area is 260 Å². The first kappa shape index (κ1) is 33.3. The molecule has 0 saturated heterocycles. The minimum absolute atomic E-state index is 0.0569. The van der Waals surface area contributed by atoms with Crippen LogP contribution in [-0.4, -0.2) is 53.8 Å². The average molecular weight is 649 g/mol. The van der Waals surface area contributed by atoms with Crippen molar-refractivity contribution in [2.75, 3.05) is 20.3 Å². The zero-order chi connectivity index (χ0) is 32.9. The van der Waals surface area contributed by atoms with Crippen LogP contribution >= 0.6 is 11.8 Å². The molecule has 45 heavy (non-hydrogen) atoms. The van der Waals surface area contributed by atoms with Gasteiger partial charge in [0.05, 0.1) is 13.5 Å². The first-order valence-electron chi connectivity index (χ1n) is 13.4. The molecule has 3 aromatic carbocycles. The number of hydrogen-bond acceptors (Lipinski definition) is 9. The molecule has 1 unspecified atom stereocenters. The number of para-hydroxylation sites is 1. The summed E-state index contributed by atoms with van der Waals surface area (Å²) in [6.45, 7) is 4.32. The molecule has 0 spiro atoms. The Hall–Kier alpha value is -4.59. The van der Waals surface area contributed by atoms with E-state index in [1.807, 2.05) is 0 Å². The van der Waals surface area contributed by atoms with Crippen LogP contribution in [0.1, 0.15) is 54.1 Å². The number of carbonyl (C=O) groups is 3. The molecule has 0 aliphatic carbocycles. The third-order valence-electron chi connectivity index (χ3n) is 5.98. The Morgan fingerprint density at radius 3 is 2.22 bits per heavy atom. The summed E-state index contributed by atoms with van der Waals surface area (Å²) in [5, 5.41) is 4.19. The van der Waals surface area contributed by atoms with Gasteiger partial charge in [0.2, 0.25) is 0 Å². The second kappa shape index (κ2) is 14.0. The van der Waals surface area contributed by atoms with Gasteiger partial charge in [0, 0.05) is 23.3 Å². The van der Waals surface area contributed by atoms with E-state index in [1.54, 1.807) is 26.8 Å². The van der Waals surface area contributed by atoms with E-state index < -0.39 is 64.3 Å². The van der Waals surface area contributed by atoms with Gasteiger partial charge in [-0.05, 0) is 51.1 Å². The molecule has 0 bridgehead atoms. The summed E-state index contributed by atoms with van der Waals surface area (Å²) in [6, 6.07) is 10.5. The van der Waals surface area contributed by atoms with E-state index in [0.29, 0.717) is 17.7 Å². The molecule has 1 aliphatic rings. The largest absolute Gasteiger partial charge is 0.492 e. The molecule has 4 rings (SSSR count). The standard InChI is InChI=1S/C31H28F4N2O7S/c1-31(2,3)44-24(38)12-13-42-25(39)16-43-23-7-5-6-20(27(23)41-4)30-37(29(40)26-21(34)14-19(33)15-22(26)35)36-28(45-30)17-8-10-18(32)11-9-17/h5-11,14-15,30H,12-13,16H2,1-4H3. The number of halogens is 4. The van der Waals surface area contributed by atoms with Crippen molar-refractivity contribution in [2.45, 2.75) is 38.2 Å². The summed E-state index contributed by atoms with van der Waals surface area (Å²) in [7, 11) is 1.30. The normalized spacial score (nSPS) is 14.5. The molecule has 14 heteroatoms. The molecule has 1 atom stereocenters. The third-order valence-corrected chi connectivity index (χ3v) is 7.20. The van der Waals surface area contributed by atoms with Crippen molar-refractivity contribution in [3.8, 4) is 11.5 Å². The SMILES string of the molecule is COc1c(OCC(=O)OCCC(=O)OC(C)(C)C)cccc1C1SC(c2ccc(F)cc2)=NN1C(=O)c1c(F)cc(F)cc1F. The maximum Gasteiger partial charge on any atom is 0.344 e. The van der Waals surface area contributed by atoms with Crippen LogP contribution in [0.4, 0.5) is 17.6 Å². The lowest BCUT2D eigenvalue weighted by molar-refractivity contribution is -0.157. The van der Waals surface area contributed by atoms with Gasteiger partial charge in [0.15, 0.2) is 18.1 Å². The fourth-order valence-electron chi connectivity index (χ4n) is 4.13. The Kier molecular flexibility index (Phi) is 10.4. The van der Waals surface area contributed by atoms with Crippen molar-refractivity contribution in [1.82, 2.24) is 5.01 Å². The number of nitrogens with zero attached hydrogens (tertiary/aromatic N) is 2. The quantitative estimate of drug-likeness (QED) is 0.190. The van der Waals surface area contributed by atoms with Gasteiger partial charge in [-0.1, -0.05) is 23.9 Å². The summed E-state index contributed by atoms with van der Waals surface area (Å²) in [4.78, 5) is 37.6. The number of carbonyl (C=O) groups excluding carboxylic acids is 3. The molecule has 0 N–H and O–H groups in total. The van der Waals surface area contributed by atoms with E-state index in [9.17, 15) is 31.9 Å². The summed E-state index contributed by atoms with van der Waals surface area (Å²) in [6.07, 6.45) is -0.157. The van der Waals surface area contributed by atoms with Gasteiger partial charge in [-0.25, -0.2) is 27.4 Å². The first-order valence-corrected chi connectivity index (χ1v) is 14.3. The molecular formula is C31H28F4N2O7S. The highest BCUT2D eigenvalue weighted by atomic mass is 32.2. The average Bonchev–Trinajstić information content (AvgIpc) is 3.40. The van der Waals surface area contributed by atoms with Crippen molar-refractivity contribution in [1.29, 1.82) is 0 Å². The number of ether oxygens (including phenoxy) is 4. The number of hydrazone groups is 1. The Balaban J connectivity index is 1.58. The molecule has 0 aromatic heterocycles. The van der Waals surface area contributed by atoms with Crippen LogP contribution in [0.5, 0.6) is 11.5 Å². The molecule has 0 saturated carbocycles. The second-order valence-electron chi connectivity index (χ2n) is 10.5. The number of amides is 1. The summed E-state index contributed by atoms with van der Waals surface area (Å²) >= 11 is 0.992. The highest BCUT2D eigenvalue weighted by Crippen LogP contribution is 2.47. The predicted molar refractivity (Wildman–Crippen MR) is 156 cm³/mol. The van der Waals surface area contributed by atoms with Crippen LogP contribution in [-0.2, 0) is 19.1 Å². The molecule has 238 valence electrons. The van der Waals surface area contributed by atoms with Crippen molar-refractivity contribution >= 4 is 34.7 Å². The van der Waals surface area contributed by atoms with Crippen LogP contribution in [0.2, 0.25) is 0 Å². The number of rotatable bonds is 10. The predicted octanol–water partition coefficient (Wildman–Crippen LogP) is 6.16. The van der Waals surface area contributed by atoms with Crippen molar-refractivity contribution in [2.24, 2.45) is 5.10 Å². The topological polar surface area (TPSA) is 104 Å². The molecule has 9 nitrogen and oxygen atoms in total. The number of benzene rings is 3. The minimum atomic E-state index is -1.43. The van der Waals surface area contributed by atoms with E-state index in [1.165, 1.54) is 43.5 Å². The maximum absolute atomic E-state index is 14.7. The fourth-order valence-corrected chi connectivity index (χ4v) is 5.31. The van der Waals surface area contributed by atoms with Gasteiger partial charge in [-0.15, -0.1) is 0 Å². The molecule has 0 fully saturated rings. The zero-order valence-electron chi connectivity index (χ0n) is 24.6. The highest BCUT2D eigenvalue weighted by Gasteiger charge is 2.39. The Bertz CT molecular complexity index is 1600. The van der Waals surface area contributed by atoms with Gasteiger partial charge >= 0.3 is 11.9 Å². The molecule has 1 aliphatic heterocycles. The van der Waals surface area contributed by atoms with Crippen molar-refractivity contribution < 1.29 is 50.9 Å². The van der Waals surface area contributed by atoms with E-state index in [-0.39, 0.29) is 35.1 Å². The van der Waals surface area contributed by atoms with E-state index >= 15 is 0 Å². The summed E-state index contributed by atoms with van der Waals surface area (Å²) in [5.41, 5.74) is -1.06. The number of esters is 2. The van der Waals surface area contributed by atoms with Crippen molar-refractivity contribution in [3.63, 3.8) is 0 Å². The molecule has 0 radical (unpaired) electrons. The molecule has 1 heterocycles. The van der Waals surface area contributed by atoms with Gasteiger partial charge in [0.25, 0.3) is 5.91 Å². The van der Waals surface area contributed by atoms with Crippen LogP contribution in [0.15, 0.2) is 59.7 Å². The van der Waals surface area contributed by atoms with Crippen LogP contribution in [0.3, 0.4) is 0 Å². The highest BCUT2D eigenvalue weighted by molar-refractivity contribution is 8.14. The van der Waals surface area contributed by atoms with Gasteiger partial charge in [0.1, 0.15) is 51.5 Å². The Morgan fingerprint density at radius 2 is 1.60 bits per heavy atom. The van der Waals surface area contributed by atoms with Crippen molar-refractivity contribution in [3.05, 3.63) is 94.6 Å². The van der Waals surface area contributed by atoms with E-state index in [4.69, 9.17) is 18.9 Å². The lowest BCUT2D eigenvalue weighted by Crippen LogP contribution is -2.28. The number of thioether (sulfide) groups is 1. The van der Waals surface area contributed by atoms with Gasteiger partial charge in [-0.3, -0.25) is 9.59 Å². The third kappa shape index (κ3) is 8.32. The summed E-state index contributed by atoms with van der Waals surface area (Å²) in [5.74, 6) is -7.02. The molecule has 3 aromatic rings. The van der Waals surface area contributed by atoms with Crippen LogP contribution < -0.4 is 9.47 Å². The lowest BCUT2D eigenvalue weighted by atomic mass is 10.1. The van der Waals surface area contributed by atoms with Crippen LogP contribution in [0.25, 0.3) is 0 Å². The van der Waals surface area contributed by atoms with E-state index in [2.05, 4.69) is 5.10 Å². The number of methoxy groups -OCH3 is 1. The summed E-state index contributed by atoms with van der Waals surface area (Å²) < 4.78 is 77.9. The second-order valence-corrected chi connectivity index (χ2v) is 11.6. The van der Waals surface area contributed by atoms with Crippen LogP contribution in [0, 0.1) is 23.3 Å². The van der Waals surface area contributed by atoms with Gasteiger partial charge < -0.3 is 18.9 Å². The zero-order valence-corrected chi connectivity index (χ0v) is 25.4. The molecular weight excluding hydrogens is 620 g/mol. The van der Waals surface area contributed by atoms with Gasteiger partial charge in [-0.2, -0.15) is 5.10 Å². The minimum Gasteiger partial charge on any atom is -0.492 e. The first-order chi connectivity index (χ1) is 21.3. The lowest BCUT2D eigenvalue weighted by Gasteiger charge is -2.24. The van der Waals surface area contributed by atoms with E-state index in [0.717, 1.165) is 16.8 Å². The monoisotopic (exact) mass is 648 g/mol. The smallest absolute Gasteiger partial charge is 0.344 e. The maximum atomic E-state index is 14.7. The number of hydrogen-bond donors (Lipinski definition) is 0. The fraction of sp³-hybridized carbons (Fsp3) is 0.290. The Morgan fingerprint density at radius 1 is 0.933 bits per heavy atom. The molecule has 1 amide bonds.